The molecule has 1 aromatic carbocycles. The van der Waals surface area contributed by atoms with E-state index in [4.69, 9.17) is 5.11 Å². The number of benzene rings is 1. The van der Waals surface area contributed by atoms with Gasteiger partial charge >= 0.3 is 5.97 Å². The molecule has 0 amide bonds. The van der Waals surface area contributed by atoms with Crippen molar-refractivity contribution in [1.29, 1.82) is 0 Å². The van der Waals surface area contributed by atoms with Crippen LogP contribution in [0, 0.1) is 13.8 Å². The third-order valence-corrected chi connectivity index (χ3v) is 3.47. The van der Waals surface area contributed by atoms with E-state index in [2.05, 4.69) is 38.4 Å². The van der Waals surface area contributed by atoms with Crippen molar-refractivity contribution < 1.29 is 9.90 Å². The number of rotatable bonds is 4. The van der Waals surface area contributed by atoms with Crippen LogP contribution in [-0.2, 0) is 6.54 Å². The molecule has 0 aliphatic heterocycles. The highest BCUT2D eigenvalue weighted by Crippen LogP contribution is 2.25. The molecular formula is C15H15BrN2O2. The van der Waals surface area contributed by atoms with Gasteiger partial charge in [0.05, 0.1) is 17.8 Å². The number of nitrogens with zero attached hydrogens (tertiary/aromatic N) is 1. The van der Waals surface area contributed by atoms with Gasteiger partial charge in [-0.25, -0.2) is 4.79 Å². The van der Waals surface area contributed by atoms with Crippen molar-refractivity contribution in [3.8, 4) is 0 Å². The Kier molecular flexibility index (Phi) is 4.39. The molecule has 0 aliphatic carbocycles. The van der Waals surface area contributed by atoms with Crippen LogP contribution in [0.4, 0.5) is 5.69 Å². The number of aryl methyl sites for hydroxylation is 2. The molecule has 0 fully saturated rings. The fraction of sp³-hybridized carbons (Fsp3) is 0.200. The number of aromatic carboxylic acids is 1. The lowest BCUT2D eigenvalue weighted by Gasteiger charge is -2.13. The molecule has 0 bridgehead atoms. The third kappa shape index (κ3) is 3.36. The largest absolute Gasteiger partial charge is 0.478 e. The molecular weight excluding hydrogens is 320 g/mol. The summed E-state index contributed by atoms with van der Waals surface area (Å²) in [7, 11) is 0. The van der Waals surface area contributed by atoms with Crippen molar-refractivity contribution >= 4 is 27.6 Å². The highest BCUT2D eigenvalue weighted by Gasteiger charge is 2.06. The SMILES string of the molecule is Cc1cc(Br)cc(C)c1NCc1ccc(C(=O)O)cn1. The molecule has 0 aliphatic rings. The minimum Gasteiger partial charge on any atom is -0.478 e. The summed E-state index contributed by atoms with van der Waals surface area (Å²) in [5, 5.41) is 12.2. The van der Waals surface area contributed by atoms with Crippen molar-refractivity contribution in [2.24, 2.45) is 0 Å². The number of carboxylic acids is 1. The van der Waals surface area contributed by atoms with Gasteiger partial charge in [0.2, 0.25) is 0 Å². The van der Waals surface area contributed by atoms with Crippen LogP contribution in [0.2, 0.25) is 0 Å². The summed E-state index contributed by atoms with van der Waals surface area (Å²) in [5.74, 6) is -0.961. The van der Waals surface area contributed by atoms with E-state index in [1.165, 1.54) is 6.20 Å². The first kappa shape index (κ1) is 14.5. The quantitative estimate of drug-likeness (QED) is 0.893. The second-order valence-electron chi connectivity index (χ2n) is 4.61. The number of aromatic nitrogens is 1. The van der Waals surface area contributed by atoms with Crippen LogP contribution in [0.1, 0.15) is 27.2 Å². The Labute approximate surface area is 126 Å². The lowest BCUT2D eigenvalue weighted by molar-refractivity contribution is 0.0696. The van der Waals surface area contributed by atoms with Crippen molar-refractivity contribution in [3.63, 3.8) is 0 Å². The Morgan fingerprint density at radius 3 is 2.45 bits per heavy atom. The van der Waals surface area contributed by atoms with E-state index in [0.29, 0.717) is 6.54 Å². The van der Waals surface area contributed by atoms with Crippen molar-refractivity contribution in [2.45, 2.75) is 20.4 Å². The monoisotopic (exact) mass is 334 g/mol. The van der Waals surface area contributed by atoms with E-state index in [1.54, 1.807) is 12.1 Å². The Morgan fingerprint density at radius 2 is 1.95 bits per heavy atom. The predicted octanol–water partition coefficient (Wildman–Crippen LogP) is 3.77. The Morgan fingerprint density at radius 1 is 1.30 bits per heavy atom. The fourth-order valence-electron chi connectivity index (χ4n) is 2.02. The molecule has 0 atom stereocenters. The zero-order chi connectivity index (χ0) is 14.7. The van der Waals surface area contributed by atoms with E-state index < -0.39 is 5.97 Å². The van der Waals surface area contributed by atoms with Gasteiger partial charge in [0, 0.05) is 16.4 Å². The summed E-state index contributed by atoms with van der Waals surface area (Å²) >= 11 is 3.47. The second-order valence-corrected chi connectivity index (χ2v) is 5.53. The summed E-state index contributed by atoms with van der Waals surface area (Å²) in [4.78, 5) is 14.9. The first-order valence-corrected chi connectivity index (χ1v) is 6.95. The van der Waals surface area contributed by atoms with Gasteiger partial charge in [-0.3, -0.25) is 4.98 Å². The van der Waals surface area contributed by atoms with Crippen LogP contribution in [0.3, 0.4) is 0 Å². The maximum atomic E-state index is 10.8. The van der Waals surface area contributed by atoms with Crippen LogP contribution in [-0.4, -0.2) is 16.1 Å². The second kappa shape index (κ2) is 6.05. The van der Waals surface area contributed by atoms with Gasteiger partial charge < -0.3 is 10.4 Å². The van der Waals surface area contributed by atoms with Gasteiger partial charge in [-0.1, -0.05) is 15.9 Å². The number of anilines is 1. The van der Waals surface area contributed by atoms with Crippen molar-refractivity contribution in [2.75, 3.05) is 5.32 Å². The van der Waals surface area contributed by atoms with Crippen LogP contribution in [0.25, 0.3) is 0 Å². The van der Waals surface area contributed by atoms with Crippen molar-refractivity contribution in [3.05, 3.63) is 57.3 Å². The van der Waals surface area contributed by atoms with E-state index in [1.807, 2.05) is 13.8 Å². The lowest BCUT2D eigenvalue weighted by atomic mass is 10.1. The van der Waals surface area contributed by atoms with Gasteiger partial charge in [0.1, 0.15) is 0 Å². The number of nitrogens with one attached hydrogen (secondary N) is 1. The lowest BCUT2D eigenvalue weighted by Crippen LogP contribution is -2.06. The van der Waals surface area contributed by atoms with Gasteiger partial charge in [-0.15, -0.1) is 0 Å². The molecule has 0 spiro atoms. The average molecular weight is 335 g/mol. The normalized spacial score (nSPS) is 10.3. The number of hydrogen-bond acceptors (Lipinski definition) is 3. The van der Waals surface area contributed by atoms with Crippen LogP contribution in [0.15, 0.2) is 34.9 Å². The van der Waals surface area contributed by atoms with E-state index in [-0.39, 0.29) is 5.56 Å². The number of carboxylic acid groups (broad SMARTS) is 1. The van der Waals surface area contributed by atoms with Crippen LogP contribution in [0.5, 0.6) is 0 Å². The van der Waals surface area contributed by atoms with Gasteiger partial charge in [0.15, 0.2) is 0 Å². The highest BCUT2D eigenvalue weighted by molar-refractivity contribution is 9.10. The molecule has 4 nitrogen and oxygen atoms in total. The zero-order valence-corrected chi connectivity index (χ0v) is 12.9. The third-order valence-electron chi connectivity index (χ3n) is 3.02. The standard InChI is InChI=1S/C15H15BrN2O2/c1-9-5-12(16)6-10(2)14(9)18-8-13-4-3-11(7-17-13)15(19)20/h3-7,18H,8H2,1-2H3,(H,19,20). The molecule has 2 aromatic rings. The fourth-order valence-corrected chi connectivity index (χ4v) is 2.71. The van der Waals surface area contributed by atoms with Crippen molar-refractivity contribution in [1.82, 2.24) is 4.98 Å². The Balaban J connectivity index is 2.11. The summed E-state index contributed by atoms with van der Waals surface area (Å²) in [6.45, 7) is 4.64. The molecule has 20 heavy (non-hydrogen) atoms. The van der Waals surface area contributed by atoms with E-state index in [0.717, 1.165) is 27.0 Å². The van der Waals surface area contributed by atoms with Crippen LogP contribution < -0.4 is 5.32 Å². The molecule has 1 heterocycles. The first-order valence-electron chi connectivity index (χ1n) is 6.16. The molecule has 104 valence electrons. The molecule has 0 saturated heterocycles. The minimum atomic E-state index is -0.961. The average Bonchev–Trinajstić information content (AvgIpc) is 2.38. The molecule has 2 rings (SSSR count). The number of pyridine rings is 1. The molecule has 5 heteroatoms. The maximum Gasteiger partial charge on any atom is 0.337 e. The maximum absolute atomic E-state index is 10.8. The Bertz CT molecular complexity index is 616. The molecule has 1 aromatic heterocycles. The smallest absolute Gasteiger partial charge is 0.337 e. The molecule has 0 saturated carbocycles. The topological polar surface area (TPSA) is 62.2 Å². The molecule has 0 unspecified atom stereocenters. The van der Waals surface area contributed by atoms with Gasteiger partial charge in [-0.05, 0) is 49.2 Å². The van der Waals surface area contributed by atoms with E-state index >= 15 is 0 Å². The molecule has 0 radical (unpaired) electrons. The highest BCUT2D eigenvalue weighted by atomic mass is 79.9. The number of hydrogen-bond donors (Lipinski definition) is 2. The summed E-state index contributed by atoms with van der Waals surface area (Å²) in [6, 6.07) is 7.39. The van der Waals surface area contributed by atoms with Gasteiger partial charge in [0.25, 0.3) is 0 Å². The van der Waals surface area contributed by atoms with Crippen LogP contribution >= 0.6 is 15.9 Å². The number of carbonyl (C=O) groups is 1. The summed E-state index contributed by atoms with van der Waals surface area (Å²) in [5.41, 5.74) is 4.39. The first-order chi connectivity index (χ1) is 9.47. The minimum absolute atomic E-state index is 0.199. The zero-order valence-electron chi connectivity index (χ0n) is 11.3. The number of halogens is 1. The Hall–Kier alpha value is -1.88. The molecule has 2 N–H and O–H groups in total. The summed E-state index contributed by atoms with van der Waals surface area (Å²) < 4.78 is 1.06. The predicted molar refractivity (Wildman–Crippen MR) is 82.1 cm³/mol. The van der Waals surface area contributed by atoms with Gasteiger partial charge in [-0.2, -0.15) is 0 Å². The van der Waals surface area contributed by atoms with E-state index in [9.17, 15) is 4.79 Å². The summed E-state index contributed by atoms with van der Waals surface area (Å²) in [6.07, 6.45) is 1.38.